The first-order valence-corrected chi connectivity index (χ1v) is 5.51. The van der Waals surface area contributed by atoms with Crippen LogP contribution in [0.2, 0.25) is 0 Å². The van der Waals surface area contributed by atoms with Crippen LogP contribution in [0.15, 0.2) is 24.3 Å². The minimum absolute atomic E-state index is 0.0392. The van der Waals surface area contributed by atoms with Gasteiger partial charge in [-0.15, -0.1) is 0 Å². The van der Waals surface area contributed by atoms with E-state index in [0.717, 1.165) is 0 Å². The summed E-state index contributed by atoms with van der Waals surface area (Å²) in [5.74, 6) is 0.0784. The zero-order chi connectivity index (χ0) is 13.1. The minimum atomic E-state index is 0.0392. The Morgan fingerprint density at radius 1 is 0.778 bits per heavy atom. The average molecular weight is 244 g/mol. The van der Waals surface area contributed by atoms with Crippen molar-refractivity contribution in [1.29, 1.82) is 0 Å². The van der Waals surface area contributed by atoms with Gasteiger partial charge in [-0.2, -0.15) is 0 Å². The lowest BCUT2D eigenvalue weighted by molar-refractivity contribution is -0.108. The van der Waals surface area contributed by atoms with Crippen LogP contribution < -0.4 is 0 Å². The van der Waals surface area contributed by atoms with Crippen molar-refractivity contribution in [1.82, 2.24) is 0 Å². The highest BCUT2D eigenvalue weighted by Gasteiger charge is 2.12. The lowest BCUT2D eigenvalue weighted by Gasteiger charge is -2.11. The SMILES string of the molecule is O=CCc1c(O)ccc2c(CC=O)c(O)ccc12. The molecule has 2 N–H and O–H groups in total. The third-order valence-corrected chi connectivity index (χ3v) is 2.95. The fourth-order valence-corrected chi connectivity index (χ4v) is 2.10. The molecular weight excluding hydrogens is 232 g/mol. The van der Waals surface area contributed by atoms with Crippen molar-refractivity contribution < 1.29 is 19.8 Å². The second-order valence-electron chi connectivity index (χ2n) is 3.96. The van der Waals surface area contributed by atoms with E-state index in [9.17, 15) is 19.8 Å². The lowest BCUT2D eigenvalue weighted by Crippen LogP contribution is -1.94. The highest BCUT2D eigenvalue weighted by Crippen LogP contribution is 2.33. The predicted octanol–water partition coefficient (Wildman–Crippen LogP) is 1.73. The molecule has 0 heterocycles. The van der Waals surface area contributed by atoms with Crippen LogP contribution in [-0.2, 0) is 22.4 Å². The summed E-state index contributed by atoms with van der Waals surface area (Å²) in [6.45, 7) is 0. The molecule has 0 fully saturated rings. The van der Waals surface area contributed by atoms with E-state index in [1.807, 2.05) is 0 Å². The molecule has 0 saturated heterocycles. The number of carbonyl (C=O) groups is 2. The number of aromatic hydroxyl groups is 2. The van der Waals surface area contributed by atoms with Crippen molar-refractivity contribution in [3.63, 3.8) is 0 Å². The Bertz CT molecular complexity index is 561. The number of fused-ring (bicyclic) bond motifs is 1. The van der Waals surface area contributed by atoms with E-state index in [1.165, 1.54) is 12.1 Å². The molecule has 0 radical (unpaired) electrons. The first-order valence-electron chi connectivity index (χ1n) is 5.51. The first-order chi connectivity index (χ1) is 8.69. The molecule has 0 saturated carbocycles. The molecule has 4 heteroatoms. The Kier molecular flexibility index (Phi) is 3.28. The summed E-state index contributed by atoms with van der Waals surface area (Å²) in [5.41, 5.74) is 1.02. The Balaban J connectivity index is 2.79. The third kappa shape index (κ3) is 1.93. The molecule has 2 rings (SSSR count). The largest absolute Gasteiger partial charge is 0.508 e. The van der Waals surface area contributed by atoms with Crippen LogP contribution >= 0.6 is 0 Å². The predicted molar refractivity (Wildman–Crippen MR) is 66.8 cm³/mol. The van der Waals surface area contributed by atoms with Crippen molar-refractivity contribution in [2.24, 2.45) is 0 Å². The Morgan fingerprint density at radius 2 is 1.17 bits per heavy atom. The molecule has 2 aromatic carbocycles. The zero-order valence-corrected chi connectivity index (χ0v) is 9.59. The molecule has 0 unspecified atom stereocenters. The molecule has 0 aliphatic carbocycles. The topological polar surface area (TPSA) is 74.6 Å². The molecule has 0 aromatic heterocycles. The maximum absolute atomic E-state index is 10.6. The molecule has 4 nitrogen and oxygen atoms in total. The van der Waals surface area contributed by atoms with E-state index in [2.05, 4.69) is 0 Å². The van der Waals surface area contributed by atoms with Crippen LogP contribution in [0.3, 0.4) is 0 Å². The van der Waals surface area contributed by atoms with E-state index < -0.39 is 0 Å². The van der Waals surface area contributed by atoms with Crippen LogP contribution in [0.5, 0.6) is 11.5 Å². The Labute approximate surface area is 103 Å². The summed E-state index contributed by atoms with van der Waals surface area (Å²) in [5, 5.41) is 20.8. The molecule has 0 bridgehead atoms. The zero-order valence-electron chi connectivity index (χ0n) is 9.59. The summed E-state index contributed by atoms with van der Waals surface area (Å²) in [6.07, 6.45) is 1.60. The van der Waals surface area contributed by atoms with E-state index in [-0.39, 0.29) is 24.3 Å². The number of phenols is 2. The van der Waals surface area contributed by atoms with E-state index in [1.54, 1.807) is 12.1 Å². The molecular formula is C14H12O4. The van der Waals surface area contributed by atoms with Crippen molar-refractivity contribution >= 4 is 23.3 Å². The third-order valence-electron chi connectivity index (χ3n) is 2.95. The number of hydrogen-bond donors (Lipinski definition) is 2. The summed E-state index contributed by atoms with van der Waals surface area (Å²) in [4.78, 5) is 21.3. The molecule has 0 amide bonds. The summed E-state index contributed by atoms with van der Waals surface area (Å²) in [7, 11) is 0. The van der Waals surface area contributed by atoms with E-state index in [0.29, 0.717) is 34.5 Å². The van der Waals surface area contributed by atoms with Gasteiger partial charge in [0.25, 0.3) is 0 Å². The van der Waals surface area contributed by atoms with Gasteiger partial charge < -0.3 is 19.8 Å². The molecule has 0 spiro atoms. The molecule has 2 aromatic rings. The quantitative estimate of drug-likeness (QED) is 0.803. The van der Waals surface area contributed by atoms with Crippen LogP contribution in [0, 0.1) is 0 Å². The number of phenolic OH excluding ortho intramolecular Hbond substituents is 2. The number of rotatable bonds is 4. The van der Waals surface area contributed by atoms with Gasteiger partial charge in [0.2, 0.25) is 0 Å². The standard InChI is InChI=1S/C14H12O4/c15-7-5-11-9-1-3-13(17)12(6-8-16)10(9)2-4-14(11)18/h1-4,7-8,17-18H,5-6H2. The molecule has 0 aliphatic rings. The van der Waals surface area contributed by atoms with Gasteiger partial charge in [-0.3, -0.25) is 0 Å². The second kappa shape index (κ2) is 4.87. The van der Waals surface area contributed by atoms with Gasteiger partial charge >= 0.3 is 0 Å². The second-order valence-corrected chi connectivity index (χ2v) is 3.96. The average Bonchev–Trinajstić information content (AvgIpc) is 2.36. The highest BCUT2D eigenvalue weighted by atomic mass is 16.3. The van der Waals surface area contributed by atoms with Crippen LogP contribution in [0.4, 0.5) is 0 Å². The van der Waals surface area contributed by atoms with Crippen molar-refractivity contribution in [2.75, 3.05) is 0 Å². The van der Waals surface area contributed by atoms with Crippen molar-refractivity contribution in [3.8, 4) is 11.5 Å². The van der Waals surface area contributed by atoms with Gasteiger partial charge in [0.05, 0.1) is 0 Å². The maximum atomic E-state index is 10.6. The molecule has 0 aliphatic heterocycles. The van der Waals surface area contributed by atoms with Gasteiger partial charge in [0.1, 0.15) is 24.1 Å². The smallest absolute Gasteiger partial charge is 0.124 e. The van der Waals surface area contributed by atoms with Gasteiger partial charge in [0, 0.05) is 24.0 Å². The highest BCUT2D eigenvalue weighted by molar-refractivity contribution is 5.94. The van der Waals surface area contributed by atoms with Crippen LogP contribution in [0.25, 0.3) is 10.8 Å². The Hall–Kier alpha value is -2.36. The fraction of sp³-hybridized carbons (Fsp3) is 0.143. The van der Waals surface area contributed by atoms with E-state index >= 15 is 0 Å². The lowest BCUT2D eigenvalue weighted by atomic mass is 9.96. The molecule has 0 atom stereocenters. The number of benzene rings is 2. The van der Waals surface area contributed by atoms with Gasteiger partial charge in [-0.05, 0) is 22.9 Å². The van der Waals surface area contributed by atoms with E-state index in [4.69, 9.17) is 0 Å². The van der Waals surface area contributed by atoms with Crippen LogP contribution in [0.1, 0.15) is 11.1 Å². The normalized spacial score (nSPS) is 10.4. The summed E-state index contributed by atoms with van der Waals surface area (Å²) >= 11 is 0. The van der Waals surface area contributed by atoms with Gasteiger partial charge in [-0.25, -0.2) is 0 Å². The molecule has 18 heavy (non-hydrogen) atoms. The van der Waals surface area contributed by atoms with Gasteiger partial charge in [-0.1, -0.05) is 12.1 Å². The number of carbonyl (C=O) groups excluding carboxylic acids is 2. The van der Waals surface area contributed by atoms with Crippen molar-refractivity contribution in [2.45, 2.75) is 12.8 Å². The summed E-state index contributed by atoms with van der Waals surface area (Å²) in [6, 6.07) is 6.21. The van der Waals surface area contributed by atoms with Crippen molar-refractivity contribution in [3.05, 3.63) is 35.4 Å². The Morgan fingerprint density at radius 3 is 1.50 bits per heavy atom. The number of hydrogen-bond acceptors (Lipinski definition) is 4. The van der Waals surface area contributed by atoms with Gasteiger partial charge in [0.15, 0.2) is 0 Å². The monoisotopic (exact) mass is 244 g/mol. The number of aldehydes is 2. The fourth-order valence-electron chi connectivity index (χ4n) is 2.10. The van der Waals surface area contributed by atoms with Crippen LogP contribution in [-0.4, -0.2) is 22.8 Å². The first kappa shape index (κ1) is 12.1. The minimum Gasteiger partial charge on any atom is -0.508 e. The maximum Gasteiger partial charge on any atom is 0.124 e. The summed E-state index contributed by atoms with van der Waals surface area (Å²) < 4.78 is 0. The molecule has 92 valence electrons.